The topological polar surface area (TPSA) is 12.9 Å². The normalized spacial score (nSPS) is 8.45. The molecule has 0 aliphatic rings. The van der Waals surface area contributed by atoms with Gasteiger partial charge in [0.2, 0.25) is 0 Å². The highest BCUT2D eigenvalue weighted by atomic mass is 79.9. The van der Waals surface area contributed by atoms with E-state index in [4.69, 9.17) is 0 Å². The number of thiophene rings is 1. The summed E-state index contributed by atoms with van der Waals surface area (Å²) in [6.07, 6.45) is 0. The number of thiazole rings is 1. The van der Waals surface area contributed by atoms with E-state index in [-0.39, 0.29) is 0 Å². The van der Waals surface area contributed by atoms with Crippen LogP contribution >= 0.6 is 38.6 Å². The molecule has 0 aromatic carbocycles. The number of nitrogens with zero attached hydrogens (tertiary/aromatic N) is 1. The Kier molecular flexibility index (Phi) is 4.42. The summed E-state index contributed by atoms with van der Waals surface area (Å²) >= 11 is 6.48. The van der Waals surface area contributed by atoms with Crippen molar-refractivity contribution in [1.29, 1.82) is 0 Å². The van der Waals surface area contributed by atoms with E-state index in [0.717, 1.165) is 4.60 Å². The zero-order valence-electron chi connectivity index (χ0n) is 5.61. The van der Waals surface area contributed by atoms with Crippen LogP contribution in [0.4, 0.5) is 0 Å². The average Bonchev–Trinajstić information content (AvgIpc) is 2.57. The third kappa shape index (κ3) is 4.29. The summed E-state index contributed by atoms with van der Waals surface area (Å²) in [6.45, 7) is 0. The number of hydrogen-bond donors (Lipinski definition) is 0. The molecule has 11 heavy (non-hydrogen) atoms. The SMILES string of the molecule is Brc1cscn1.c1ccsc1. The molecule has 2 aromatic heterocycles. The Morgan fingerprint density at radius 2 is 1.91 bits per heavy atom. The van der Waals surface area contributed by atoms with Crippen LogP contribution in [0.2, 0.25) is 0 Å². The molecule has 0 fully saturated rings. The average molecular weight is 248 g/mol. The van der Waals surface area contributed by atoms with Gasteiger partial charge in [0.1, 0.15) is 4.60 Å². The predicted molar refractivity (Wildman–Crippen MR) is 54.1 cm³/mol. The molecule has 0 spiro atoms. The summed E-state index contributed by atoms with van der Waals surface area (Å²) in [6, 6.07) is 4.04. The second-order valence-electron chi connectivity index (χ2n) is 1.60. The van der Waals surface area contributed by atoms with E-state index in [9.17, 15) is 0 Å². The molecule has 0 bridgehead atoms. The number of hydrogen-bond acceptors (Lipinski definition) is 3. The Balaban J connectivity index is 0.000000112. The molecule has 0 unspecified atom stereocenters. The molecule has 2 aromatic rings. The molecule has 0 atom stereocenters. The first-order valence-corrected chi connectivity index (χ1v) is 5.58. The van der Waals surface area contributed by atoms with E-state index >= 15 is 0 Å². The highest BCUT2D eigenvalue weighted by Gasteiger charge is 1.78. The van der Waals surface area contributed by atoms with Crippen molar-refractivity contribution in [2.45, 2.75) is 0 Å². The van der Waals surface area contributed by atoms with Gasteiger partial charge in [0.25, 0.3) is 0 Å². The van der Waals surface area contributed by atoms with Gasteiger partial charge in [-0.05, 0) is 26.7 Å². The maximum Gasteiger partial charge on any atom is 0.116 e. The molecule has 0 N–H and O–H groups in total. The summed E-state index contributed by atoms with van der Waals surface area (Å²) < 4.78 is 0.924. The zero-order chi connectivity index (χ0) is 7.94. The van der Waals surface area contributed by atoms with Gasteiger partial charge in [0.15, 0.2) is 0 Å². The summed E-state index contributed by atoms with van der Waals surface area (Å²) in [7, 11) is 0. The fourth-order valence-corrected chi connectivity index (χ4v) is 1.85. The fraction of sp³-hybridized carbons (Fsp3) is 0. The number of rotatable bonds is 0. The van der Waals surface area contributed by atoms with E-state index in [0.29, 0.717) is 0 Å². The maximum atomic E-state index is 3.85. The van der Waals surface area contributed by atoms with Crippen molar-refractivity contribution in [1.82, 2.24) is 4.98 Å². The first-order valence-electron chi connectivity index (χ1n) is 2.90. The Bertz CT molecular complexity index is 235. The van der Waals surface area contributed by atoms with Gasteiger partial charge in [-0.15, -0.1) is 11.3 Å². The van der Waals surface area contributed by atoms with Gasteiger partial charge in [-0.25, -0.2) is 4.98 Å². The van der Waals surface area contributed by atoms with E-state index in [2.05, 4.69) is 20.9 Å². The minimum atomic E-state index is 0.924. The monoisotopic (exact) mass is 247 g/mol. The van der Waals surface area contributed by atoms with E-state index in [1.54, 1.807) is 28.2 Å². The molecule has 0 amide bonds. The summed E-state index contributed by atoms with van der Waals surface area (Å²) in [5.41, 5.74) is 1.78. The molecular formula is C7H6BrNS2. The molecule has 0 saturated heterocycles. The molecule has 2 heterocycles. The van der Waals surface area contributed by atoms with Crippen LogP contribution in [-0.4, -0.2) is 4.98 Å². The second kappa shape index (κ2) is 5.46. The quantitative estimate of drug-likeness (QED) is 0.693. The number of aromatic nitrogens is 1. The largest absolute Gasteiger partial charge is 0.238 e. The Morgan fingerprint density at radius 1 is 1.18 bits per heavy atom. The molecule has 0 aliphatic carbocycles. The Labute approximate surface area is 81.9 Å². The molecule has 1 nitrogen and oxygen atoms in total. The molecule has 0 aliphatic heterocycles. The third-order valence-corrected chi connectivity index (χ3v) is 2.78. The van der Waals surface area contributed by atoms with Gasteiger partial charge in [0.05, 0.1) is 5.51 Å². The molecule has 4 heteroatoms. The Morgan fingerprint density at radius 3 is 2.09 bits per heavy atom. The van der Waals surface area contributed by atoms with Crippen LogP contribution in [0.3, 0.4) is 0 Å². The van der Waals surface area contributed by atoms with Crippen molar-refractivity contribution in [3.8, 4) is 0 Å². The minimum absolute atomic E-state index is 0.924. The standard InChI is InChI=1S/C4H4S.C3H2BrNS/c1-2-4-5-3-1;4-3-1-6-2-5-3/h1-4H;1-2H. The lowest BCUT2D eigenvalue weighted by molar-refractivity contribution is 1.37. The van der Waals surface area contributed by atoms with Crippen LogP contribution in [0.15, 0.2) is 38.4 Å². The van der Waals surface area contributed by atoms with Crippen molar-refractivity contribution >= 4 is 38.6 Å². The summed E-state index contributed by atoms with van der Waals surface area (Å²) in [4.78, 5) is 3.85. The molecule has 58 valence electrons. The van der Waals surface area contributed by atoms with Crippen LogP contribution in [0, 0.1) is 0 Å². The maximum absolute atomic E-state index is 3.85. The molecule has 0 radical (unpaired) electrons. The summed E-state index contributed by atoms with van der Waals surface area (Å²) in [5, 5.41) is 6.01. The van der Waals surface area contributed by atoms with Crippen molar-refractivity contribution in [3.63, 3.8) is 0 Å². The first-order chi connectivity index (χ1) is 5.39. The van der Waals surface area contributed by atoms with Gasteiger partial charge in [-0.2, -0.15) is 11.3 Å². The number of halogens is 1. The van der Waals surface area contributed by atoms with Gasteiger partial charge in [0, 0.05) is 5.38 Å². The zero-order valence-corrected chi connectivity index (χ0v) is 8.82. The third-order valence-electron chi connectivity index (χ3n) is 0.828. The fourth-order valence-electron chi connectivity index (χ4n) is 0.425. The van der Waals surface area contributed by atoms with Crippen molar-refractivity contribution < 1.29 is 0 Å². The molecule has 0 saturated carbocycles. The van der Waals surface area contributed by atoms with Gasteiger partial charge >= 0.3 is 0 Å². The lowest BCUT2D eigenvalue weighted by Gasteiger charge is -1.61. The minimum Gasteiger partial charge on any atom is -0.238 e. The van der Waals surface area contributed by atoms with Crippen molar-refractivity contribution in [3.05, 3.63) is 38.4 Å². The highest BCUT2D eigenvalue weighted by Crippen LogP contribution is 2.06. The van der Waals surface area contributed by atoms with Gasteiger partial charge < -0.3 is 0 Å². The lowest BCUT2D eigenvalue weighted by atomic mass is 10.7. The lowest BCUT2D eigenvalue weighted by Crippen LogP contribution is -1.50. The first kappa shape index (κ1) is 8.90. The van der Waals surface area contributed by atoms with E-state index < -0.39 is 0 Å². The van der Waals surface area contributed by atoms with Crippen LogP contribution in [-0.2, 0) is 0 Å². The Hall–Kier alpha value is -0.190. The van der Waals surface area contributed by atoms with Crippen LogP contribution in [0.5, 0.6) is 0 Å². The van der Waals surface area contributed by atoms with E-state index in [1.165, 1.54) is 0 Å². The van der Waals surface area contributed by atoms with Gasteiger partial charge in [-0.3, -0.25) is 0 Å². The highest BCUT2D eigenvalue weighted by molar-refractivity contribution is 9.10. The smallest absolute Gasteiger partial charge is 0.116 e. The van der Waals surface area contributed by atoms with Gasteiger partial charge in [-0.1, -0.05) is 12.1 Å². The van der Waals surface area contributed by atoms with Crippen LogP contribution in [0.25, 0.3) is 0 Å². The van der Waals surface area contributed by atoms with Crippen LogP contribution in [0.1, 0.15) is 0 Å². The molecular weight excluding hydrogens is 242 g/mol. The predicted octanol–water partition coefficient (Wildman–Crippen LogP) is 3.65. The van der Waals surface area contributed by atoms with Crippen molar-refractivity contribution in [2.24, 2.45) is 0 Å². The second-order valence-corrected chi connectivity index (χ2v) is 3.95. The summed E-state index contributed by atoms with van der Waals surface area (Å²) in [5.74, 6) is 0. The van der Waals surface area contributed by atoms with Crippen LogP contribution < -0.4 is 0 Å². The van der Waals surface area contributed by atoms with E-state index in [1.807, 2.05) is 28.3 Å². The van der Waals surface area contributed by atoms with Crippen molar-refractivity contribution in [2.75, 3.05) is 0 Å². The molecule has 2 rings (SSSR count).